The molecule has 0 aromatic rings. The monoisotopic (exact) mass is 255 g/mol. The molecule has 0 saturated carbocycles. The summed E-state index contributed by atoms with van der Waals surface area (Å²) in [5.74, 6) is 0. The average molecular weight is 255 g/mol. The van der Waals surface area contributed by atoms with Gasteiger partial charge in [-0.3, -0.25) is 4.90 Å². The summed E-state index contributed by atoms with van der Waals surface area (Å²) in [7, 11) is 0. The van der Waals surface area contributed by atoms with Crippen LogP contribution in [0, 0.1) is 0 Å². The van der Waals surface area contributed by atoms with Crippen LogP contribution in [0.15, 0.2) is 24.4 Å². The number of nitrogens with zero attached hydrogens (tertiary/aromatic N) is 2. The molecule has 0 aromatic carbocycles. The molecule has 2 bridgehead atoms. The number of aliphatic hydroxyl groups is 2. The van der Waals surface area contributed by atoms with Crippen molar-refractivity contribution in [3.05, 3.63) is 24.4 Å². The number of hydroxylamine groups is 3. The largest absolute Gasteiger partial charge is 0.457 e. The van der Waals surface area contributed by atoms with Gasteiger partial charge in [-0.2, -0.15) is 4.84 Å². The molecular formula is C12H19N2O4+. The van der Waals surface area contributed by atoms with Gasteiger partial charge in [0.05, 0.1) is 19.2 Å². The van der Waals surface area contributed by atoms with Crippen LogP contribution in [0.2, 0.25) is 0 Å². The highest BCUT2D eigenvalue weighted by Crippen LogP contribution is 2.33. The standard InChI is InChI=1S/C12H19N2O4/c1-2-7-18-14-5-4-13(12(14)17)11(9-16)10(8-14)3-6-15/h2,8,11,15-16H,1,3-7,9H2/q+1/t11-,14?/m1/s1. The van der Waals surface area contributed by atoms with Crippen molar-refractivity contribution in [3.8, 4) is 0 Å². The molecule has 2 rings (SSSR count). The summed E-state index contributed by atoms with van der Waals surface area (Å²) in [6.45, 7) is 4.80. The number of amides is 2. The number of rotatable bonds is 6. The number of urea groups is 1. The molecule has 1 saturated heterocycles. The van der Waals surface area contributed by atoms with Gasteiger partial charge in [0.2, 0.25) is 0 Å². The number of fused-ring (bicyclic) bond motifs is 2. The molecule has 18 heavy (non-hydrogen) atoms. The highest BCUT2D eigenvalue weighted by molar-refractivity contribution is 5.71. The van der Waals surface area contributed by atoms with E-state index in [4.69, 9.17) is 9.94 Å². The van der Waals surface area contributed by atoms with Crippen molar-refractivity contribution in [2.24, 2.45) is 0 Å². The number of quaternary nitrogens is 1. The quantitative estimate of drug-likeness (QED) is 0.517. The molecule has 2 amide bonds. The second-order valence-corrected chi connectivity index (χ2v) is 4.46. The molecular weight excluding hydrogens is 236 g/mol. The topological polar surface area (TPSA) is 70.0 Å². The minimum absolute atomic E-state index is 0.00811. The van der Waals surface area contributed by atoms with Crippen LogP contribution >= 0.6 is 0 Å². The Balaban J connectivity index is 2.31. The van der Waals surface area contributed by atoms with Crippen molar-refractivity contribution in [3.63, 3.8) is 0 Å². The molecule has 6 heteroatoms. The van der Waals surface area contributed by atoms with Crippen LogP contribution in [-0.2, 0) is 4.84 Å². The number of hydrogen-bond acceptors (Lipinski definition) is 4. The number of carbonyl (C=O) groups excluding carboxylic acids is 1. The van der Waals surface area contributed by atoms with Crippen molar-refractivity contribution >= 4 is 6.03 Å². The molecule has 6 nitrogen and oxygen atoms in total. The van der Waals surface area contributed by atoms with Gasteiger partial charge in [0, 0.05) is 12.2 Å². The summed E-state index contributed by atoms with van der Waals surface area (Å²) in [5, 5.41) is 18.5. The van der Waals surface area contributed by atoms with Crippen LogP contribution in [-0.4, -0.2) is 64.7 Å². The molecule has 2 N–H and O–H groups in total. The van der Waals surface area contributed by atoms with Crippen molar-refractivity contribution in [2.45, 2.75) is 12.5 Å². The van der Waals surface area contributed by atoms with E-state index >= 15 is 0 Å². The zero-order valence-electron chi connectivity index (χ0n) is 10.3. The van der Waals surface area contributed by atoms with E-state index in [1.54, 1.807) is 17.2 Å². The second-order valence-electron chi connectivity index (χ2n) is 4.46. The Morgan fingerprint density at radius 3 is 3.00 bits per heavy atom. The molecule has 0 aromatic heterocycles. The number of hydrogen-bond donors (Lipinski definition) is 2. The molecule has 0 spiro atoms. The van der Waals surface area contributed by atoms with Crippen LogP contribution in [0.5, 0.6) is 0 Å². The molecule has 2 aliphatic rings. The number of aliphatic hydroxyl groups excluding tert-OH is 2. The Bertz CT molecular complexity index is 382. The van der Waals surface area contributed by atoms with Crippen molar-refractivity contribution in [2.75, 3.05) is 32.9 Å². The van der Waals surface area contributed by atoms with Gasteiger partial charge in [0.25, 0.3) is 0 Å². The lowest BCUT2D eigenvalue weighted by atomic mass is 10.0. The van der Waals surface area contributed by atoms with E-state index in [0.29, 0.717) is 19.5 Å². The van der Waals surface area contributed by atoms with Gasteiger partial charge in [-0.25, -0.2) is 4.79 Å². The van der Waals surface area contributed by atoms with Gasteiger partial charge < -0.3 is 10.2 Å². The van der Waals surface area contributed by atoms with Crippen LogP contribution in [0.4, 0.5) is 4.79 Å². The van der Waals surface area contributed by atoms with Crippen LogP contribution in [0.25, 0.3) is 0 Å². The fourth-order valence-corrected chi connectivity index (χ4v) is 2.55. The average Bonchev–Trinajstić information content (AvgIpc) is 2.59. The fraction of sp³-hybridized carbons (Fsp3) is 0.583. The maximum atomic E-state index is 12.3. The first-order valence-corrected chi connectivity index (χ1v) is 6.06. The Hall–Kier alpha value is -1.21. The zero-order valence-corrected chi connectivity index (χ0v) is 10.3. The third kappa shape index (κ3) is 1.97. The summed E-state index contributed by atoms with van der Waals surface area (Å²) in [4.78, 5) is 19.5. The molecule has 100 valence electrons. The van der Waals surface area contributed by atoms with Crippen LogP contribution in [0.1, 0.15) is 6.42 Å². The Morgan fingerprint density at radius 2 is 2.39 bits per heavy atom. The molecule has 0 radical (unpaired) electrons. The maximum Gasteiger partial charge on any atom is 0.457 e. The highest BCUT2D eigenvalue weighted by Gasteiger charge is 2.55. The van der Waals surface area contributed by atoms with Crippen LogP contribution in [0.3, 0.4) is 0 Å². The molecule has 2 atom stereocenters. The molecule has 2 heterocycles. The van der Waals surface area contributed by atoms with E-state index < -0.39 is 0 Å². The number of carbonyl (C=O) groups is 1. The van der Waals surface area contributed by atoms with Gasteiger partial charge in [0.1, 0.15) is 19.4 Å². The SMILES string of the molecule is C=CCO[N+]12C=C(CCO)[C@@H](CO)N(CC1)C2=O. The van der Waals surface area contributed by atoms with Gasteiger partial charge in [-0.05, 0) is 6.42 Å². The first kappa shape index (κ1) is 13.2. The summed E-state index contributed by atoms with van der Waals surface area (Å²) in [5.41, 5.74) is 0.848. The third-order valence-corrected chi connectivity index (χ3v) is 3.42. The smallest absolute Gasteiger partial charge is 0.396 e. The van der Waals surface area contributed by atoms with Gasteiger partial charge >= 0.3 is 6.03 Å². The lowest BCUT2D eigenvalue weighted by Gasteiger charge is -2.33. The van der Waals surface area contributed by atoms with E-state index in [0.717, 1.165) is 5.57 Å². The molecule has 1 unspecified atom stereocenters. The maximum absolute atomic E-state index is 12.3. The van der Waals surface area contributed by atoms with E-state index in [1.807, 2.05) is 0 Å². The summed E-state index contributed by atoms with van der Waals surface area (Å²) in [6.07, 6.45) is 3.76. The first-order chi connectivity index (χ1) is 8.68. The van der Waals surface area contributed by atoms with Crippen molar-refractivity contribution in [1.29, 1.82) is 0 Å². The summed E-state index contributed by atoms with van der Waals surface area (Å²) in [6, 6.07) is -0.483. The Labute approximate surface area is 106 Å². The van der Waals surface area contributed by atoms with Gasteiger partial charge in [0.15, 0.2) is 0 Å². The molecule has 2 aliphatic heterocycles. The van der Waals surface area contributed by atoms with Crippen LogP contribution < -0.4 is 0 Å². The predicted molar refractivity (Wildman–Crippen MR) is 64.0 cm³/mol. The Morgan fingerprint density at radius 1 is 1.61 bits per heavy atom. The minimum Gasteiger partial charge on any atom is -0.396 e. The minimum atomic E-state index is -0.328. The second kappa shape index (κ2) is 5.19. The lowest BCUT2D eigenvalue weighted by Crippen LogP contribution is -2.54. The fourth-order valence-electron chi connectivity index (χ4n) is 2.55. The highest BCUT2D eigenvalue weighted by atomic mass is 16.7. The third-order valence-electron chi connectivity index (χ3n) is 3.42. The van der Waals surface area contributed by atoms with Crippen molar-refractivity contribution < 1.29 is 24.5 Å². The molecule has 0 aliphatic carbocycles. The van der Waals surface area contributed by atoms with Gasteiger partial charge in [-0.15, -0.1) is 6.58 Å². The molecule has 1 fully saturated rings. The summed E-state index contributed by atoms with van der Waals surface area (Å²) < 4.78 is -0.183. The Kier molecular flexibility index (Phi) is 3.82. The first-order valence-electron chi connectivity index (χ1n) is 6.06. The normalized spacial score (nSPS) is 30.6. The lowest BCUT2D eigenvalue weighted by molar-refractivity contribution is -0.994. The zero-order chi connectivity index (χ0) is 13.2. The van der Waals surface area contributed by atoms with E-state index in [-0.39, 0.29) is 36.5 Å². The van der Waals surface area contributed by atoms with E-state index in [9.17, 15) is 9.90 Å². The summed E-state index contributed by atoms with van der Waals surface area (Å²) >= 11 is 0. The van der Waals surface area contributed by atoms with Gasteiger partial charge in [-0.1, -0.05) is 10.7 Å². The predicted octanol–water partition coefficient (Wildman–Crippen LogP) is -0.00280. The van der Waals surface area contributed by atoms with Crippen molar-refractivity contribution in [1.82, 2.24) is 4.90 Å². The van der Waals surface area contributed by atoms with E-state index in [2.05, 4.69) is 6.58 Å². The van der Waals surface area contributed by atoms with E-state index in [1.165, 1.54) is 0 Å².